The van der Waals surface area contributed by atoms with Crippen molar-refractivity contribution in [2.75, 3.05) is 12.3 Å². The van der Waals surface area contributed by atoms with Gasteiger partial charge in [-0.25, -0.2) is 0 Å². The van der Waals surface area contributed by atoms with Gasteiger partial charge in [0.05, 0.1) is 6.10 Å². The highest BCUT2D eigenvalue weighted by Gasteiger charge is 2.07. The molecule has 2 heteroatoms. The topological polar surface area (TPSA) is 35.2 Å². The van der Waals surface area contributed by atoms with Crippen molar-refractivity contribution in [1.29, 1.82) is 0 Å². The number of hydrogen-bond donors (Lipinski definition) is 1. The molecule has 0 unspecified atom stereocenters. The summed E-state index contributed by atoms with van der Waals surface area (Å²) in [5, 5.41) is 0. The van der Waals surface area contributed by atoms with Gasteiger partial charge in [0.15, 0.2) is 0 Å². The first-order valence-electron chi connectivity index (χ1n) is 4.75. The number of benzene rings is 1. The van der Waals surface area contributed by atoms with Crippen LogP contribution in [0.15, 0.2) is 24.3 Å². The van der Waals surface area contributed by atoms with E-state index in [0.29, 0.717) is 0 Å². The number of hydrogen-bond acceptors (Lipinski definition) is 2. The van der Waals surface area contributed by atoms with Crippen LogP contribution in [0.1, 0.15) is 31.9 Å². The molecular weight excluding hydrogens is 162 g/mol. The van der Waals surface area contributed by atoms with E-state index in [9.17, 15) is 0 Å². The third-order valence-electron chi connectivity index (χ3n) is 2.02. The molecule has 0 spiro atoms. The average molecular weight is 179 g/mol. The summed E-state index contributed by atoms with van der Waals surface area (Å²) in [5.74, 6) is 0. The maximum atomic E-state index is 5.69. The van der Waals surface area contributed by atoms with Gasteiger partial charge in [-0.1, -0.05) is 19.1 Å². The highest BCUT2D eigenvalue weighted by atomic mass is 16.5. The largest absolute Gasteiger partial charge is 0.399 e. The fraction of sp³-hybridized carbons (Fsp3) is 0.455. The highest BCUT2D eigenvalue weighted by molar-refractivity contribution is 5.41. The van der Waals surface area contributed by atoms with Gasteiger partial charge in [0.25, 0.3) is 0 Å². The van der Waals surface area contributed by atoms with Crippen LogP contribution in [0, 0.1) is 0 Å². The van der Waals surface area contributed by atoms with Crippen LogP contribution >= 0.6 is 0 Å². The van der Waals surface area contributed by atoms with Gasteiger partial charge in [0, 0.05) is 12.3 Å². The van der Waals surface area contributed by atoms with E-state index in [4.69, 9.17) is 10.5 Å². The summed E-state index contributed by atoms with van der Waals surface area (Å²) in [4.78, 5) is 0. The molecule has 1 aromatic carbocycles. The Kier molecular flexibility index (Phi) is 3.77. The molecule has 13 heavy (non-hydrogen) atoms. The Balaban J connectivity index is 2.78. The van der Waals surface area contributed by atoms with Crippen molar-refractivity contribution < 1.29 is 4.74 Å². The van der Waals surface area contributed by atoms with Crippen LogP contribution in [-0.2, 0) is 4.74 Å². The van der Waals surface area contributed by atoms with Crippen molar-refractivity contribution in [1.82, 2.24) is 0 Å². The van der Waals surface area contributed by atoms with E-state index >= 15 is 0 Å². The Morgan fingerprint density at radius 3 is 2.69 bits per heavy atom. The van der Waals surface area contributed by atoms with Gasteiger partial charge in [0.2, 0.25) is 0 Å². The fourth-order valence-electron chi connectivity index (χ4n) is 1.41. The van der Waals surface area contributed by atoms with Gasteiger partial charge in [0.1, 0.15) is 0 Å². The Morgan fingerprint density at radius 1 is 1.38 bits per heavy atom. The zero-order valence-electron chi connectivity index (χ0n) is 8.29. The normalized spacial score (nSPS) is 12.8. The maximum Gasteiger partial charge on any atom is 0.0822 e. The molecule has 0 heterocycles. The molecule has 0 fully saturated rings. The van der Waals surface area contributed by atoms with Crippen molar-refractivity contribution in [3.8, 4) is 0 Å². The van der Waals surface area contributed by atoms with Gasteiger partial charge >= 0.3 is 0 Å². The minimum atomic E-state index is 0.188. The Morgan fingerprint density at radius 2 is 2.15 bits per heavy atom. The number of nitrogen functional groups attached to an aromatic ring is 1. The molecule has 2 nitrogen and oxygen atoms in total. The first kappa shape index (κ1) is 10.1. The van der Waals surface area contributed by atoms with Crippen LogP contribution in [0.2, 0.25) is 0 Å². The summed E-state index contributed by atoms with van der Waals surface area (Å²) in [7, 11) is 0. The third kappa shape index (κ3) is 2.74. The number of anilines is 1. The second kappa shape index (κ2) is 4.87. The lowest BCUT2D eigenvalue weighted by molar-refractivity contribution is 0.0599. The molecule has 0 aliphatic rings. The molecule has 0 saturated heterocycles. The quantitative estimate of drug-likeness (QED) is 0.721. The Bertz CT molecular complexity index is 260. The third-order valence-corrected chi connectivity index (χ3v) is 2.02. The molecule has 0 aromatic heterocycles. The van der Waals surface area contributed by atoms with Crippen LogP contribution in [0.5, 0.6) is 0 Å². The second-order valence-electron chi connectivity index (χ2n) is 3.02. The summed E-state index contributed by atoms with van der Waals surface area (Å²) in [6.45, 7) is 4.87. The van der Waals surface area contributed by atoms with E-state index in [1.807, 2.05) is 25.1 Å². The number of rotatable bonds is 4. The number of nitrogens with two attached hydrogens (primary N) is 1. The van der Waals surface area contributed by atoms with E-state index in [0.717, 1.165) is 18.7 Å². The maximum absolute atomic E-state index is 5.69. The van der Waals surface area contributed by atoms with Crippen molar-refractivity contribution >= 4 is 5.69 Å². The molecule has 1 atom stereocenters. The summed E-state index contributed by atoms with van der Waals surface area (Å²) in [5.41, 5.74) is 7.66. The Hall–Kier alpha value is -1.02. The first-order chi connectivity index (χ1) is 6.27. The number of ether oxygens (including phenoxy) is 1. The molecule has 72 valence electrons. The van der Waals surface area contributed by atoms with Crippen LogP contribution in [0.4, 0.5) is 5.69 Å². The van der Waals surface area contributed by atoms with Gasteiger partial charge in [-0.15, -0.1) is 0 Å². The molecule has 1 rings (SSSR count). The van der Waals surface area contributed by atoms with Crippen molar-refractivity contribution in [2.24, 2.45) is 0 Å². The van der Waals surface area contributed by atoms with Crippen molar-refractivity contribution in [3.05, 3.63) is 29.8 Å². The summed E-state index contributed by atoms with van der Waals surface area (Å²) in [6.07, 6.45) is 1.17. The fourth-order valence-corrected chi connectivity index (χ4v) is 1.41. The molecule has 0 radical (unpaired) electrons. The summed E-state index contributed by atoms with van der Waals surface area (Å²) < 4.78 is 5.58. The zero-order valence-corrected chi connectivity index (χ0v) is 8.29. The van der Waals surface area contributed by atoms with E-state index in [1.165, 1.54) is 5.56 Å². The molecular formula is C11H17NO. The van der Waals surface area contributed by atoms with Crippen molar-refractivity contribution in [2.45, 2.75) is 26.4 Å². The lowest BCUT2D eigenvalue weighted by Crippen LogP contribution is -2.03. The molecule has 0 aliphatic heterocycles. The molecule has 0 saturated carbocycles. The summed E-state index contributed by atoms with van der Waals surface area (Å²) >= 11 is 0. The standard InChI is InChI=1S/C11H17NO/c1-3-11(13-4-2)9-6-5-7-10(12)8-9/h5-8,11H,3-4,12H2,1-2H3/t11-/m1/s1. The van der Waals surface area contributed by atoms with Gasteiger partial charge < -0.3 is 10.5 Å². The molecule has 0 bridgehead atoms. The van der Waals surface area contributed by atoms with Crippen LogP contribution < -0.4 is 5.73 Å². The second-order valence-corrected chi connectivity index (χ2v) is 3.02. The Labute approximate surface area is 79.7 Å². The van der Waals surface area contributed by atoms with Crippen LogP contribution in [0.25, 0.3) is 0 Å². The van der Waals surface area contributed by atoms with E-state index in [-0.39, 0.29) is 6.10 Å². The van der Waals surface area contributed by atoms with Gasteiger partial charge in [-0.05, 0) is 31.0 Å². The van der Waals surface area contributed by atoms with E-state index < -0.39 is 0 Å². The van der Waals surface area contributed by atoms with Crippen LogP contribution in [0.3, 0.4) is 0 Å². The molecule has 0 aliphatic carbocycles. The molecule has 0 amide bonds. The smallest absolute Gasteiger partial charge is 0.0822 e. The predicted octanol–water partition coefficient (Wildman–Crippen LogP) is 2.76. The van der Waals surface area contributed by atoms with Crippen LogP contribution in [-0.4, -0.2) is 6.61 Å². The SMILES string of the molecule is CCO[C@H](CC)c1cccc(N)c1. The van der Waals surface area contributed by atoms with Crippen molar-refractivity contribution in [3.63, 3.8) is 0 Å². The van der Waals surface area contributed by atoms with Gasteiger partial charge in [-0.2, -0.15) is 0 Å². The minimum Gasteiger partial charge on any atom is -0.399 e. The highest BCUT2D eigenvalue weighted by Crippen LogP contribution is 2.22. The zero-order chi connectivity index (χ0) is 9.68. The monoisotopic (exact) mass is 179 g/mol. The van der Waals surface area contributed by atoms with Gasteiger partial charge in [-0.3, -0.25) is 0 Å². The molecule has 1 aromatic rings. The lowest BCUT2D eigenvalue weighted by Gasteiger charge is -2.15. The molecule has 2 N–H and O–H groups in total. The van der Waals surface area contributed by atoms with E-state index in [1.54, 1.807) is 0 Å². The first-order valence-corrected chi connectivity index (χ1v) is 4.75. The predicted molar refractivity (Wildman–Crippen MR) is 55.5 cm³/mol. The average Bonchev–Trinajstić information content (AvgIpc) is 2.14. The lowest BCUT2D eigenvalue weighted by atomic mass is 10.1. The minimum absolute atomic E-state index is 0.188. The van der Waals surface area contributed by atoms with E-state index in [2.05, 4.69) is 13.0 Å². The summed E-state index contributed by atoms with van der Waals surface area (Å²) in [6, 6.07) is 7.89.